The quantitative estimate of drug-likeness (QED) is 0.911. The van der Waals surface area contributed by atoms with Gasteiger partial charge < -0.3 is 15.2 Å². The fourth-order valence-corrected chi connectivity index (χ4v) is 2.02. The van der Waals surface area contributed by atoms with Crippen LogP contribution in [0.3, 0.4) is 0 Å². The molecule has 0 saturated heterocycles. The van der Waals surface area contributed by atoms with Crippen molar-refractivity contribution in [1.82, 2.24) is 0 Å². The van der Waals surface area contributed by atoms with E-state index < -0.39 is 0 Å². The van der Waals surface area contributed by atoms with Crippen LogP contribution in [0.4, 0.5) is 0 Å². The second kappa shape index (κ2) is 6.45. The smallest absolute Gasteiger partial charge is 0.138 e. The van der Waals surface area contributed by atoms with Crippen LogP contribution in [0.15, 0.2) is 42.5 Å². The molecule has 0 spiro atoms. The summed E-state index contributed by atoms with van der Waals surface area (Å²) < 4.78 is 11.0. The van der Waals surface area contributed by atoms with Gasteiger partial charge in [-0.1, -0.05) is 35.9 Å². The SMILES string of the molecule is COc1ccccc1COc1ccc(CN)cc1Cl. The van der Waals surface area contributed by atoms with Crippen molar-refractivity contribution in [3.05, 3.63) is 58.6 Å². The lowest BCUT2D eigenvalue weighted by molar-refractivity contribution is 0.297. The summed E-state index contributed by atoms with van der Waals surface area (Å²) in [4.78, 5) is 0. The van der Waals surface area contributed by atoms with E-state index in [1.165, 1.54) is 0 Å². The number of ether oxygens (including phenoxy) is 2. The Kier molecular flexibility index (Phi) is 4.66. The van der Waals surface area contributed by atoms with E-state index in [2.05, 4.69) is 0 Å². The standard InChI is InChI=1S/C15H16ClNO2/c1-18-14-5-3-2-4-12(14)10-19-15-7-6-11(9-17)8-13(15)16/h2-8H,9-10,17H2,1H3. The van der Waals surface area contributed by atoms with Gasteiger partial charge in [0.05, 0.1) is 12.1 Å². The number of halogens is 1. The van der Waals surface area contributed by atoms with E-state index in [9.17, 15) is 0 Å². The fourth-order valence-electron chi connectivity index (χ4n) is 1.77. The van der Waals surface area contributed by atoms with E-state index in [-0.39, 0.29) is 0 Å². The van der Waals surface area contributed by atoms with Crippen molar-refractivity contribution in [3.63, 3.8) is 0 Å². The molecule has 0 fully saturated rings. The Hall–Kier alpha value is -1.71. The third-order valence-corrected chi connectivity index (χ3v) is 3.10. The largest absolute Gasteiger partial charge is 0.496 e. The number of rotatable bonds is 5. The van der Waals surface area contributed by atoms with Crippen LogP contribution in [0, 0.1) is 0 Å². The highest BCUT2D eigenvalue weighted by Gasteiger charge is 2.06. The summed E-state index contributed by atoms with van der Waals surface area (Å²) in [5, 5.41) is 0.567. The van der Waals surface area contributed by atoms with Crippen LogP contribution in [-0.4, -0.2) is 7.11 Å². The molecule has 2 N–H and O–H groups in total. The number of nitrogens with two attached hydrogens (primary N) is 1. The summed E-state index contributed by atoms with van der Waals surface area (Å²) in [5.74, 6) is 1.45. The van der Waals surface area contributed by atoms with Gasteiger partial charge in [0.15, 0.2) is 0 Å². The summed E-state index contributed by atoms with van der Waals surface area (Å²) in [6.45, 7) is 0.873. The lowest BCUT2D eigenvalue weighted by atomic mass is 10.2. The molecular formula is C15H16ClNO2. The molecule has 0 heterocycles. The van der Waals surface area contributed by atoms with Crippen LogP contribution >= 0.6 is 11.6 Å². The summed E-state index contributed by atoms with van der Waals surface area (Å²) in [5.41, 5.74) is 7.51. The van der Waals surface area contributed by atoms with Crippen molar-refractivity contribution in [2.75, 3.05) is 7.11 Å². The first-order valence-corrected chi connectivity index (χ1v) is 6.35. The van der Waals surface area contributed by atoms with Crippen molar-refractivity contribution in [3.8, 4) is 11.5 Å². The molecule has 19 heavy (non-hydrogen) atoms. The maximum atomic E-state index is 6.14. The molecule has 0 aromatic heterocycles. The van der Waals surface area contributed by atoms with Gasteiger partial charge in [0.1, 0.15) is 18.1 Å². The molecule has 0 aliphatic rings. The molecule has 0 radical (unpaired) electrons. The number of benzene rings is 2. The van der Waals surface area contributed by atoms with Crippen molar-refractivity contribution in [2.24, 2.45) is 5.73 Å². The number of hydrogen-bond acceptors (Lipinski definition) is 3. The van der Waals surface area contributed by atoms with Crippen molar-refractivity contribution >= 4 is 11.6 Å². The van der Waals surface area contributed by atoms with Crippen molar-refractivity contribution in [1.29, 1.82) is 0 Å². The van der Waals surface area contributed by atoms with Crippen LogP contribution in [0.1, 0.15) is 11.1 Å². The van der Waals surface area contributed by atoms with Gasteiger partial charge in [-0.2, -0.15) is 0 Å². The second-order valence-corrected chi connectivity index (χ2v) is 4.48. The van der Waals surface area contributed by atoms with Gasteiger partial charge in [-0.15, -0.1) is 0 Å². The molecule has 0 amide bonds. The minimum absolute atomic E-state index is 0.408. The normalized spacial score (nSPS) is 10.3. The highest BCUT2D eigenvalue weighted by molar-refractivity contribution is 6.32. The molecule has 2 aromatic rings. The van der Waals surface area contributed by atoms with Gasteiger partial charge in [-0.3, -0.25) is 0 Å². The van der Waals surface area contributed by atoms with E-state index in [1.807, 2.05) is 42.5 Å². The second-order valence-electron chi connectivity index (χ2n) is 4.07. The molecular weight excluding hydrogens is 262 g/mol. The Balaban J connectivity index is 2.10. The molecule has 2 aromatic carbocycles. The van der Waals surface area contributed by atoms with E-state index >= 15 is 0 Å². The van der Waals surface area contributed by atoms with Crippen LogP contribution in [0.25, 0.3) is 0 Å². The Morgan fingerprint density at radius 1 is 1.11 bits per heavy atom. The molecule has 3 nitrogen and oxygen atoms in total. The molecule has 0 atom stereocenters. The van der Waals surface area contributed by atoms with Crippen LogP contribution in [0.2, 0.25) is 5.02 Å². The molecule has 4 heteroatoms. The predicted octanol–water partition coefficient (Wildman–Crippen LogP) is 3.39. The lowest BCUT2D eigenvalue weighted by Gasteiger charge is -2.11. The first-order valence-electron chi connectivity index (χ1n) is 5.97. The average molecular weight is 278 g/mol. The van der Waals surface area contributed by atoms with E-state index in [1.54, 1.807) is 7.11 Å². The average Bonchev–Trinajstić information content (AvgIpc) is 2.46. The highest BCUT2D eigenvalue weighted by Crippen LogP contribution is 2.27. The zero-order chi connectivity index (χ0) is 13.7. The topological polar surface area (TPSA) is 44.5 Å². The molecule has 0 aliphatic carbocycles. The van der Waals surface area contributed by atoms with Gasteiger partial charge in [-0.05, 0) is 23.8 Å². The summed E-state index contributed by atoms with van der Waals surface area (Å²) >= 11 is 6.14. The van der Waals surface area contributed by atoms with Crippen LogP contribution in [0.5, 0.6) is 11.5 Å². The van der Waals surface area contributed by atoms with Crippen LogP contribution < -0.4 is 15.2 Å². The molecule has 100 valence electrons. The lowest BCUT2D eigenvalue weighted by Crippen LogP contribution is -2.00. The van der Waals surface area contributed by atoms with Gasteiger partial charge in [0, 0.05) is 12.1 Å². The third kappa shape index (κ3) is 3.40. The Morgan fingerprint density at radius 2 is 1.89 bits per heavy atom. The Morgan fingerprint density at radius 3 is 2.58 bits per heavy atom. The van der Waals surface area contributed by atoms with Crippen LogP contribution in [-0.2, 0) is 13.2 Å². The molecule has 0 aliphatic heterocycles. The predicted molar refractivity (Wildman–Crippen MR) is 76.7 cm³/mol. The third-order valence-electron chi connectivity index (χ3n) is 2.81. The van der Waals surface area contributed by atoms with Gasteiger partial charge in [-0.25, -0.2) is 0 Å². The van der Waals surface area contributed by atoms with Gasteiger partial charge in [0.2, 0.25) is 0 Å². The molecule has 0 unspecified atom stereocenters. The van der Waals surface area contributed by atoms with E-state index in [0.29, 0.717) is 23.9 Å². The number of hydrogen-bond donors (Lipinski definition) is 1. The van der Waals surface area contributed by atoms with Gasteiger partial charge in [0.25, 0.3) is 0 Å². The highest BCUT2D eigenvalue weighted by atomic mass is 35.5. The molecule has 0 bridgehead atoms. The fraction of sp³-hybridized carbons (Fsp3) is 0.200. The first kappa shape index (κ1) is 13.7. The molecule has 0 saturated carbocycles. The summed E-state index contributed by atoms with van der Waals surface area (Å²) in [6.07, 6.45) is 0. The van der Waals surface area contributed by atoms with Gasteiger partial charge >= 0.3 is 0 Å². The zero-order valence-corrected chi connectivity index (χ0v) is 11.5. The maximum Gasteiger partial charge on any atom is 0.138 e. The zero-order valence-electron chi connectivity index (χ0n) is 10.7. The number of para-hydroxylation sites is 1. The molecule has 2 rings (SSSR count). The summed E-state index contributed by atoms with van der Waals surface area (Å²) in [6, 6.07) is 13.3. The van der Waals surface area contributed by atoms with Crippen molar-refractivity contribution < 1.29 is 9.47 Å². The number of methoxy groups -OCH3 is 1. The van der Waals surface area contributed by atoms with E-state index in [0.717, 1.165) is 16.9 Å². The van der Waals surface area contributed by atoms with Crippen molar-refractivity contribution in [2.45, 2.75) is 13.2 Å². The maximum absolute atomic E-state index is 6.14. The Bertz CT molecular complexity index is 558. The monoisotopic (exact) mass is 277 g/mol. The minimum atomic E-state index is 0.408. The van der Waals surface area contributed by atoms with E-state index in [4.69, 9.17) is 26.8 Å². The first-order chi connectivity index (χ1) is 9.24. The summed E-state index contributed by atoms with van der Waals surface area (Å²) in [7, 11) is 1.64. The minimum Gasteiger partial charge on any atom is -0.496 e. The Labute approximate surface area is 117 Å².